The van der Waals surface area contributed by atoms with E-state index in [1.54, 1.807) is 0 Å². The second-order valence-corrected chi connectivity index (χ2v) is 5.55. The first-order chi connectivity index (χ1) is 8.01. The van der Waals surface area contributed by atoms with E-state index in [4.69, 9.17) is 4.74 Å². The van der Waals surface area contributed by atoms with Crippen molar-refractivity contribution >= 4 is 0 Å². The number of pyridine rings is 1. The highest BCUT2D eigenvalue weighted by Crippen LogP contribution is 2.18. The van der Waals surface area contributed by atoms with Crippen LogP contribution in [0.3, 0.4) is 0 Å². The largest absolute Gasteiger partial charge is 0.375 e. The minimum absolute atomic E-state index is 0.337. The predicted molar refractivity (Wildman–Crippen MR) is 70.7 cm³/mol. The predicted octanol–water partition coefficient (Wildman–Crippen LogP) is 2.75. The molecule has 0 saturated carbocycles. The third-order valence-electron chi connectivity index (χ3n) is 2.51. The van der Waals surface area contributed by atoms with Crippen molar-refractivity contribution in [1.29, 1.82) is 0 Å². The van der Waals surface area contributed by atoms with Crippen molar-refractivity contribution in [2.75, 3.05) is 13.7 Å². The highest BCUT2D eigenvalue weighted by molar-refractivity contribution is 5.13. The van der Waals surface area contributed by atoms with Gasteiger partial charge in [0.1, 0.15) is 0 Å². The fraction of sp³-hybridized carbons (Fsp3) is 0.643. The number of hydrogen-bond donors (Lipinski definition) is 1. The molecule has 0 atom stereocenters. The van der Waals surface area contributed by atoms with E-state index in [0.29, 0.717) is 12.0 Å². The van der Waals surface area contributed by atoms with Crippen LogP contribution in [0.5, 0.6) is 0 Å². The lowest BCUT2D eigenvalue weighted by Gasteiger charge is -2.17. The zero-order valence-corrected chi connectivity index (χ0v) is 11.4. The Hall–Kier alpha value is -0.930. The second kappa shape index (κ2) is 6.72. The summed E-state index contributed by atoms with van der Waals surface area (Å²) >= 11 is 0. The number of nitrogens with one attached hydrogen (secondary N) is 1. The van der Waals surface area contributed by atoms with Gasteiger partial charge in [-0.15, -0.1) is 0 Å². The summed E-state index contributed by atoms with van der Waals surface area (Å²) in [6, 6.07) is 4.12. The molecule has 0 aliphatic rings. The summed E-state index contributed by atoms with van der Waals surface area (Å²) in [6.45, 7) is 8.93. The van der Waals surface area contributed by atoms with E-state index >= 15 is 0 Å². The van der Waals surface area contributed by atoms with Crippen LogP contribution in [0.4, 0.5) is 0 Å². The highest BCUT2D eigenvalue weighted by Gasteiger charge is 2.09. The van der Waals surface area contributed by atoms with Crippen LogP contribution in [0.1, 0.15) is 38.4 Å². The minimum atomic E-state index is 0.337. The van der Waals surface area contributed by atoms with Gasteiger partial charge in [0.25, 0.3) is 0 Å². The summed E-state index contributed by atoms with van der Waals surface area (Å²) in [7, 11) is 1.93. The van der Waals surface area contributed by atoms with E-state index in [1.807, 2.05) is 19.3 Å². The Kier molecular flexibility index (Phi) is 5.59. The van der Waals surface area contributed by atoms with Gasteiger partial charge in [0.2, 0.25) is 0 Å². The average Bonchev–Trinajstić information content (AvgIpc) is 2.26. The smallest absolute Gasteiger partial charge is 0.0887 e. The quantitative estimate of drug-likeness (QED) is 0.771. The first-order valence-electron chi connectivity index (χ1n) is 6.17. The Morgan fingerprint density at radius 1 is 1.29 bits per heavy atom. The van der Waals surface area contributed by atoms with Crippen molar-refractivity contribution in [2.24, 2.45) is 5.41 Å². The first kappa shape index (κ1) is 14.1. The van der Waals surface area contributed by atoms with Crippen LogP contribution >= 0.6 is 0 Å². The maximum Gasteiger partial charge on any atom is 0.0887 e. The third kappa shape index (κ3) is 6.39. The maximum atomic E-state index is 5.62. The summed E-state index contributed by atoms with van der Waals surface area (Å²) in [6.07, 6.45) is 2.98. The van der Waals surface area contributed by atoms with Gasteiger partial charge in [-0.1, -0.05) is 26.8 Å². The molecule has 17 heavy (non-hydrogen) atoms. The summed E-state index contributed by atoms with van der Waals surface area (Å²) in [5.41, 5.74) is 2.54. The molecule has 96 valence electrons. The molecular formula is C14H24N2O. The lowest BCUT2D eigenvalue weighted by Crippen LogP contribution is -2.10. The molecule has 0 aliphatic heterocycles. The van der Waals surface area contributed by atoms with E-state index in [-0.39, 0.29) is 0 Å². The molecule has 0 fully saturated rings. The number of aromatic nitrogens is 1. The number of ether oxygens (including phenoxy) is 1. The summed E-state index contributed by atoms with van der Waals surface area (Å²) in [5.74, 6) is 0. The van der Waals surface area contributed by atoms with Crippen LogP contribution < -0.4 is 5.32 Å². The second-order valence-electron chi connectivity index (χ2n) is 5.55. The molecule has 0 bridgehead atoms. The molecule has 0 aromatic carbocycles. The van der Waals surface area contributed by atoms with Crippen molar-refractivity contribution in [2.45, 2.75) is 40.3 Å². The molecular weight excluding hydrogens is 212 g/mol. The zero-order chi connectivity index (χ0) is 12.7. The van der Waals surface area contributed by atoms with Crippen LogP contribution in [0, 0.1) is 5.41 Å². The molecule has 3 heteroatoms. The molecule has 3 nitrogen and oxygen atoms in total. The van der Waals surface area contributed by atoms with Gasteiger partial charge in [0.05, 0.1) is 12.3 Å². The standard InChI is InChI=1S/C14H24N2O/c1-14(2,3)7-8-17-11-13-6-5-12(9-15-4)10-16-13/h5-6,10,15H,7-9,11H2,1-4H3. The molecule has 0 saturated heterocycles. The van der Waals surface area contributed by atoms with Gasteiger partial charge >= 0.3 is 0 Å². The number of hydrogen-bond acceptors (Lipinski definition) is 3. The molecule has 0 spiro atoms. The molecule has 1 heterocycles. The van der Waals surface area contributed by atoms with Crippen molar-refractivity contribution < 1.29 is 4.74 Å². The Labute approximate surface area is 105 Å². The lowest BCUT2D eigenvalue weighted by molar-refractivity contribution is 0.0941. The fourth-order valence-electron chi connectivity index (χ4n) is 1.40. The minimum Gasteiger partial charge on any atom is -0.375 e. The van der Waals surface area contributed by atoms with E-state index < -0.39 is 0 Å². The third-order valence-corrected chi connectivity index (χ3v) is 2.51. The van der Waals surface area contributed by atoms with Gasteiger partial charge in [-0.25, -0.2) is 0 Å². The van der Waals surface area contributed by atoms with Crippen LogP contribution in [0.2, 0.25) is 0 Å². The van der Waals surface area contributed by atoms with Gasteiger partial charge in [-0.05, 0) is 30.5 Å². The topological polar surface area (TPSA) is 34.1 Å². The molecule has 0 amide bonds. The van der Waals surface area contributed by atoms with Crippen LogP contribution in [0.15, 0.2) is 18.3 Å². The molecule has 0 radical (unpaired) electrons. The van der Waals surface area contributed by atoms with E-state index in [0.717, 1.165) is 25.3 Å². The van der Waals surface area contributed by atoms with E-state index in [2.05, 4.69) is 37.1 Å². The first-order valence-corrected chi connectivity index (χ1v) is 6.17. The lowest BCUT2D eigenvalue weighted by atomic mass is 9.93. The van der Waals surface area contributed by atoms with Gasteiger partial charge in [0, 0.05) is 19.3 Å². The van der Waals surface area contributed by atoms with Crippen LogP contribution in [-0.2, 0) is 17.9 Å². The Morgan fingerprint density at radius 3 is 2.59 bits per heavy atom. The van der Waals surface area contributed by atoms with Crippen molar-refractivity contribution in [1.82, 2.24) is 10.3 Å². The molecule has 1 aromatic rings. The average molecular weight is 236 g/mol. The summed E-state index contributed by atoms with van der Waals surface area (Å²) in [4.78, 5) is 4.37. The summed E-state index contributed by atoms with van der Waals surface area (Å²) in [5, 5.41) is 3.10. The van der Waals surface area contributed by atoms with Gasteiger partial charge in [0.15, 0.2) is 0 Å². The zero-order valence-electron chi connectivity index (χ0n) is 11.4. The Bertz CT molecular complexity index is 314. The maximum absolute atomic E-state index is 5.62. The Balaban J connectivity index is 2.27. The van der Waals surface area contributed by atoms with E-state index in [9.17, 15) is 0 Å². The molecule has 1 rings (SSSR count). The molecule has 1 aromatic heterocycles. The Morgan fingerprint density at radius 2 is 2.06 bits per heavy atom. The van der Waals surface area contributed by atoms with Crippen molar-refractivity contribution in [3.63, 3.8) is 0 Å². The van der Waals surface area contributed by atoms with Crippen molar-refractivity contribution in [3.05, 3.63) is 29.6 Å². The van der Waals surface area contributed by atoms with E-state index in [1.165, 1.54) is 5.56 Å². The number of rotatable bonds is 6. The normalized spacial score (nSPS) is 11.8. The number of nitrogens with zero attached hydrogens (tertiary/aromatic N) is 1. The van der Waals surface area contributed by atoms with Gasteiger partial charge in [-0.3, -0.25) is 4.98 Å². The monoisotopic (exact) mass is 236 g/mol. The van der Waals surface area contributed by atoms with Gasteiger partial charge in [-0.2, -0.15) is 0 Å². The summed E-state index contributed by atoms with van der Waals surface area (Å²) < 4.78 is 5.62. The van der Waals surface area contributed by atoms with Crippen LogP contribution in [0.25, 0.3) is 0 Å². The molecule has 0 aliphatic carbocycles. The fourth-order valence-corrected chi connectivity index (χ4v) is 1.40. The molecule has 0 unspecified atom stereocenters. The van der Waals surface area contributed by atoms with Crippen LogP contribution in [-0.4, -0.2) is 18.6 Å². The van der Waals surface area contributed by atoms with Crippen molar-refractivity contribution in [3.8, 4) is 0 Å². The van der Waals surface area contributed by atoms with Gasteiger partial charge < -0.3 is 10.1 Å². The molecule has 1 N–H and O–H groups in total. The highest BCUT2D eigenvalue weighted by atomic mass is 16.5. The SMILES string of the molecule is CNCc1ccc(COCCC(C)(C)C)nc1.